The molecule has 1 aromatic heterocycles. The van der Waals surface area contributed by atoms with Crippen LogP contribution >= 0.6 is 0 Å². The van der Waals surface area contributed by atoms with E-state index in [-0.39, 0.29) is 22.0 Å². The number of amides is 2. The summed E-state index contributed by atoms with van der Waals surface area (Å²) in [5.41, 5.74) is 1.12. The van der Waals surface area contributed by atoms with Gasteiger partial charge in [0.05, 0.1) is 0 Å². The van der Waals surface area contributed by atoms with Gasteiger partial charge in [0.1, 0.15) is 17.2 Å². The maximum atomic E-state index is 12.7. The fraction of sp³-hybridized carbons (Fsp3) is 0.379. The molecule has 0 aliphatic heterocycles. The highest BCUT2D eigenvalue weighted by Gasteiger charge is 2.39. The molecule has 0 aliphatic rings. The molecule has 40 heavy (non-hydrogen) atoms. The van der Waals surface area contributed by atoms with E-state index in [0.29, 0.717) is 18.0 Å². The van der Waals surface area contributed by atoms with Crippen molar-refractivity contribution in [3.05, 3.63) is 72.4 Å². The average Bonchev–Trinajstić information content (AvgIpc) is 2.84. The second-order valence-corrected chi connectivity index (χ2v) is 16.3. The molecule has 0 unspecified atom stereocenters. The first kappa shape index (κ1) is 31.0. The molecule has 3 rings (SSSR count). The van der Waals surface area contributed by atoms with Crippen molar-refractivity contribution in [2.24, 2.45) is 0 Å². The summed E-state index contributed by atoms with van der Waals surface area (Å²) < 4.78 is 53.7. The van der Waals surface area contributed by atoms with Gasteiger partial charge < -0.3 is 24.5 Å². The van der Waals surface area contributed by atoms with Crippen molar-refractivity contribution in [3.63, 3.8) is 0 Å². The van der Waals surface area contributed by atoms with E-state index in [9.17, 15) is 18.0 Å². The predicted molar refractivity (Wildman–Crippen MR) is 153 cm³/mol. The van der Waals surface area contributed by atoms with E-state index >= 15 is 0 Å². The van der Waals surface area contributed by atoms with Gasteiger partial charge in [-0.25, -0.2) is 9.78 Å². The van der Waals surface area contributed by atoms with E-state index in [1.807, 2.05) is 24.3 Å². The number of ether oxygens (including phenoxy) is 2. The third-order valence-corrected chi connectivity index (χ3v) is 11.3. The second kappa shape index (κ2) is 11.9. The Bertz CT molecular complexity index is 1310. The first-order chi connectivity index (χ1) is 18.5. The molecule has 2 amide bonds. The van der Waals surface area contributed by atoms with Crippen molar-refractivity contribution >= 4 is 25.7 Å². The summed E-state index contributed by atoms with van der Waals surface area (Å²) in [6.07, 6.45) is -3.25. The van der Waals surface area contributed by atoms with Crippen LogP contribution < -0.4 is 20.1 Å². The van der Waals surface area contributed by atoms with Crippen molar-refractivity contribution in [1.82, 2.24) is 4.98 Å². The first-order valence-electron chi connectivity index (χ1n) is 12.8. The van der Waals surface area contributed by atoms with E-state index < -0.39 is 26.5 Å². The highest BCUT2D eigenvalue weighted by molar-refractivity contribution is 6.74. The van der Waals surface area contributed by atoms with Gasteiger partial charge in [-0.3, -0.25) is 0 Å². The average molecular weight is 576 g/mol. The number of benzene rings is 2. The van der Waals surface area contributed by atoms with Crippen LogP contribution in [0.3, 0.4) is 0 Å². The number of carbonyl (C=O) groups excluding carboxylic acids is 1. The van der Waals surface area contributed by atoms with Gasteiger partial charge >= 0.3 is 12.4 Å². The number of alkyl halides is 3. The molecule has 0 saturated carbocycles. The lowest BCUT2D eigenvalue weighted by Crippen LogP contribution is -2.44. The summed E-state index contributed by atoms with van der Waals surface area (Å²) in [7, 11) is -1.98. The molecule has 2 aromatic carbocycles. The number of anilines is 2. The molecule has 7 nitrogen and oxygen atoms in total. The molecule has 0 aliphatic carbocycles. The van der Waals surface area contributed by atoms with Crippen LogP contribution in [0, 0.1) is 0 Å². The van der Waals surface area contributed by atoms with Gasteiger partial charge in [-0.15, -0.1) is 13.2 Å². The molecule has 0 bridgehead atoms. The minimum absolute atomic E-state index is 0.0765. The molecule has 0 saturated heterocycles. The normalized spacial score (nSPS) is 12.6. The zero-order valence-corrected chi connectivity index (χ0v) is 24.8. The molecule has 0 fully saturated rings. The van der Waals surface area contributed by atoms with Gasteiger partial charge in [-0.2, -0.15) is 0 Å². The number of urea groups is 1. The number of hydrogen-bond donors (Lipinski definition) is 2. The fourth-order valence-corrected chi connectivity index (χ4v) is 4.62. The molecule has 216 valence electrons. The van der Waals surface area contributed by atoms with Gasteiger partial charge in [-0.1, -0.05) is 52.8 Å². The van der Waals surface area contributed by atoms with Crippen LogP contribution in [0.5, 0.6) is 17.4 Å². The molecular weight excluding hydrogens is 539 g/mol. The number of pyridine rings is 1. The molecule has 0 spiro atoms. The molecule has 11 heteroatoms. The Hall–Kier alpha value is -3.57. The SMILES string of the molecule is CC(C)(CO[Si](C)(C)C(C)(C)C)c1ccccc1Oc1ncccc1NC(=O)Nc1ccc(OC(F)(F)F)cc1. The topological polar surface area (TPSA) is 81.7 Å². The number of rotatable bonds is 9. The van der Waals surface area contributed by atoms with Crippen molar-refractivity contribution in [3.8, 4) is 17.4 Å². The lowest BCUT2D eigenvalue weighted by Gasteiger charge is -2.39. The first-order valence-corrected chi connectivity index (χ1v) is 15.7. The number of nitrogens with zero attached hydrogens (tertiary/aromatic N) is 1. The van der Waals surface area contributed by atoms with Crippen LogP contribution in [-0.2, 0) is 9.84 Å². The Labute approximate surface area is 234 Å². The Balaban J connectivity index is 1.74. The van der Waals surface area contributed by atoms with E-state index in [1.165, 1.54) is 12.1 Å². The molecule has 1 heterocycles. The van der Waals surface area contributed by atoms with Crippen LogP contribution in [0.1, 0.15) is 40.2 Å². The smallest absolute Gasteiger partial charge is 0.437 e. The van der Waals surface area contributed by atoms with Crippen molar-refractivity contribution in [1.29, 1.82) is 0 Å². The summed E-state index contributed by atoms with van der Waals surface area (Å²) >= 11 is 0. The van der Waals surface area contributed by atoms with Crippen molar-refractivity contribution in [2.75, 3.05) is 17.2 Å². The Morgan fingerprint density at radius 2 is 1.55 bits per heavy atom. The van der Waals surface area contributed by atoms with Crippen LogP contribution in [0.25, 0.3) is 0 Å². The fourth-order valence-electron chi connectivity index (χ4n) is 3.47. The minimum Gasteiger partial charge on any atom is -0.437 e. The van der Waals surface area contributed by atoms with Gasteiger partial charge in [0, 0.05) is 29.5 Å². The third-order valence-electron chi connectivity index (χ3n) is 6.79. The maximum Gasteiger partial charge on any atom is 0.573 e. The van der Waals surface area contributed by atoms with Gasteiger partial charge in [-0.05, 0) is 60.6 Å². The van der Waals surface area contributed by atoms with E-state index in [1.54, 1.807) is 18.3 Å². The number of carbonyl (C=O) groups is 1. The third kappa shape index (κ3) is 8.46. The highest BCUT2D eigenvalue weighted by Crippen LogP contribution is 2.40. The molecule has 0 atom stereocenters. The molecular formula is C29H36F3N3O4Si. The summed E-state index contributed by atoms with van der Waals surface area (Å²) in [6, 6.07) is 15.1. The van der Waals surface area contributed by atoms with Crippen molar-refractivity contribution < 1.29 is 31.9 Å². The van der Waals surface area contributed by atoms with Gasteiger partial charge in [0.15, 0.2) is 8.32 Å². The number of hydrogen-bond acceptors (Lipinski definition) is 5. The lowest BCUT2D eigenvalue weighted by molar-refractivity contribution is -0.274. The van der Waals surface area contributed by atoms with E-state index in [0.717, 1.165) is 17.7 Å². The zero-order valence-electron chi connectivity index (χ0n) is 23.8. The standard InChI is InChI=1S/C29H36F3N3O4Si/c1-27(2,3)40(6,7)37-19-28(4,5)22-11-8-9-13-24(22)38-25-23(12-10-18-33-25)35-26(36)34-20-14-16-21(17-15-20)39-29(30,31)32/h8-18H,19H2,1-7H3,(H2,34,35,36). The molecule has 2 N–H and O–H groups in total. The summed E-state index contributed by atoms with van der Waals surface area (Å²) in [4.78, 5) is 17.0. The second-order valence-electron chi connectivity index (χ2n) is 11.5. The van der Waals surface area contributed by atoms with Crippen LogP contribution in [0.2, 0.25) is 18.1 Å². The van der Waals surface area contributed by atoms with Crippen LogP contribution in [0.4, 0.5) is 29.3 Å². The van der Waals surface area contributed by atoms with Crippen LogP contribution in [0.15, 0.2) is 66.9 Å². The highest BCUT2D eigenvalue weighted by atomic mass is 28.4. The van der Waals surface area contributed by atoms with Gasteiger partial charge in [0.25, 0.3) is 0 Å². The van der Waals surface area contributed by atoms with E-state index in [4.69, 9.17) is 9.16 Å². The molecule has 0 radical (unpaired) electrons. The van der Waals surface area contributed by atoms with E-state index in [2.05, 4.69) is 68.1 Å². The number of aromatic nitrogens is 1. The Kier molecular flexibility index (Phi) is 9.20. The quantitative estimate of drug-likeness (QED) is 0.249. The number of halogens is 3. The monoisotopic (exact) mass is 575 g/mol. The minimum atomic E-state index is -4.80. The Morgan fingerprint density at radius 1 is 0.900 bits per heavy atom. The summed E-state index contributed by atoms with van der Waals surface area (Å²) in [5, 5.41) is 5.33. The Morgan fingerprint density at radius 3 is 2.17 bits per heavy atom. The number of nitrogens with one attached hydrogen (secondary N) is 2. The van der Waals surface area contributed by atoms with Gasteiger partial charge in [0.2, 0.25) is 5.88 Å². The van der Waals surface area contributed by atoms with Crippen molar-refractivity contribution in [2.45, 2.75) is 64.5 Å². The summed E-state index contributed by atoms with van der Waals surface area (Å²) in [6.45, 7) is 15.7. The zero-order chi connectivity index (χ0) is 29.8. The number of para-hydroxylation sites is 1. The van der Waals surface area contributed by atoms with Crippen LogP contribution in [-0.4, -0.2) is 32.3 Å². The predicted octanol–water partition coefficient (Wildman–Crippen LogP) is 8.72. The molecule has 3 aromatic rings. The summed E-state index contributed by atoms with van der Waals surface area (Å²) in [5.74, 6) is 0.367. The lowest BCUT2D eigenvalue weighted by atomic mass is 9.85. The largest absolute Gasteiger partial charge is 0.573 e. The maximum absolute atomic E-state index is 12.7.